The molecular formula is C26H29N3O4S. The molecule has 1 aliphatic heterocycles. The Morgan fingerprint density at radius 1 is 0.882 bits per heavy atom. The normalized spacial score (nSPS) is 15.1. The Bertz CT molecular complexity index is 1210. The summed E-state index contributed by atoms with van der Waals surface area (Å²) < 4.78 is 32.7. The molecule has 0 spiro atoms. The molecule has 0 bridgehead atoms. The van der Waals surface area contributed by atoms with Crippen molar-refractivity contribution in [3.8, 4) is 5.75 Å². The van der Waals surface area contributed by atoms with Gasteiger partial charge < -0.3 is 10.1 Å². The molecule has 0 unspecified atom stereocenters. The highest BCUT2D eigenvalue weighted by atomic mass is 32.2. The van der Waals surface area contributed by atoms with Crippen LogP contribution in [0.4, 0.5) is 5.69 Å². The van der Waals surface area contributed by atoms with Crippen molar-refractivity contribution >= 4 is 21.6 Å². The SMILES string of the molecule is CCOc1ccccc1NC(=O)c1ccc(CN2CCN(S(=O)(=O)c3ccccc3)CC2)cc1. The molecular weight excluding hydrogens is 450 g/mol. The summed E-state index contributed by atoms with van der Waals surface area (Å²) in [5.41, 5.74) is 2.28. The van der Waals surface area contributed by atoms with Crippen LogP contribution in [0, 0.1) is 0 Å². The van der Waals surface area contributed by atoms with Gasteiger partial charge in [0.15, 0.2) is 0 Å². The molecule has 1 aliphatic rings. The van der Waals surface area contributed by atoms with E-state index in [1.807, 2.05) is 61.5 Å². The van der Waals surface area contributed by atoms with Crippen LogP contribution in [0.25, 0.3) is 0 Å². The molecule has 0 saturated carbocycles. The highest BCUT2D eigenvalue weighted by Gasteiger charge is 2.28. The van der Waals surface area contributed by atoms with Crippen molar-refractivity contribution in [2.75, 3.05) is 38.1 Å². The summed E-state index contributed by atoms with van der Waals surface area (Å²) in [5.74, 6) is 0.446. The Morgan fingerprint density at radius 2 is 1.53 bits per heavy atom. The molecule has 0 aromatic heterocycles. The van der Waals surface area contributed by atoms with Gasteiger partial charge in [-0.1, -0.05) is 42.5 Å². The molecule has 4 rings (SSSR count). The van der Waals surface area contributed by atoms with Gasteiger partial charge in [-0.25, -0.2) is 8.42 Å². The molecule has 1 heterocycles. The number of sulfonamides is 1. The summed E-state index contributed by atoms with van der Waals surface area (Å²) in [6, 6.07) is 23.4. The summed E-state index contributed by atoms with van der Waals surface area (Å²) in [4.78, 5) is 15.2. The topological polar surface area (TPSA) is 79.0 Å². The third-order valence-electron chi connectivity index (χ3n) is 5.77. The van der Waals surface area contributed by atoms with E-state index in [4.69, 9.17) is 4.74 Å². The first-order valence-electron chi connectivity index (χ1n) is 11.4. The number of carbonyl (C=O) groups excluding carboxylic acids is 1. The van der Waals surface area contributed by atoms with E-state index in [9.17, 15) is 13.2 Å². The van der Waals surface area contributed by atoms with Crippen molar-refractivity contribution in [3.63, 3.8) is 0 Å². The number of nitrogens with one attached hydrogen (secondary N) is 1. The maximum Gasteiger partial charge on any atom is 0.255 e. The fraction of sp³-hybridized carbons (Fsp3) is 0.269. The molecule has 1 N–H and O–H groups in total. The van der Waals surface area contributed by atoms with Gasteiger partial charge in [0.05, 0.1) is 17.2 Å². The van der Waals surface area contributed by atoms with Crippen LogP contribution in [0.1, 0.15) is 22.8 Å². The minimum absolute atomic E-state index is 0.196. The Morgan fingerprint density at radius 3 is 2.21 bits per heavy atom. The van der Waals surface area contributed by atoms with E-state index in [2.05, 4.69) is 10.2 Å². The molecule has 1 amide bonds. The number of para-hydroxylation sites is 2. The van der Waals surface area contributed by atoms with Crippen LogP contribution in [-0.4, -0.2) is 56.3 Å². The van der Waals surface area contributed by atoms with E-state index in [0.717, 1.165) is 5.56 Å². The molecule has 0 radical (unpaired) electrons. The maximum absolute atomic E-state index is 12.8. The first-order chi connectivity index (χ1) is 16.5. The van der Waals surface area contributed by atoms with Gasteiger partial charge in [0.25, 0.3) is 5.91 Å². The highest BCUT2D eigenvalue weighted by Crippen LogP contribution is 2.24. The largest absolute Gasteiger partial charge is 0.492 e. The van der Waals surface area contributed by atoms with E-state index in [1.165, 1.54) is 0 Å². The lowest BCUT2D eigenvalue weighted by Gasteiger charge is -2.34. The smallest absolute Gasteiger partial charge is 0.255 e. The molecule has 178 valence electrons. The van der Waals surface area contributed by atoms with E-state index in [-0.39, 0.29) is 5.91 Å². The third-order valence-corrected chi connectivity index (χ3v) is 7.68. The van der Waals surface area contributed by atoms with Gasteiger partial charge in [-0.05, 0) is 48.9 Å². The van der Waals surface area contributed by atoms with Gasteiger partial charge in [0.1, 0.15) is 5.75 Å². The van der Waals surface area contributed by atoms with E-state index >= 15 is 0 Å². The molecule has 3 aromatic carbocycles. The van der Waals surface area contributed by atoms with Gasteiger partial charge in [0.2, 0.25) is 10.0 Å². The molecule has 8 heteroatoms. The Kier molecular flexibility index (Phi) is 7.62. The fourth-order valence-corrected chi connectivity index (χ4v) is 5.38. The minimum Gasteiger partial charge on any atom is -0.492 e. The van der Waals surface area contributed by atoms with Crippen LogP contribution in [0.15, 0.2) is 83.8 Å². The van der Waals surface area contributed by atoms with Gasteiger partial charge >= 0.3 is 0 Å². The number of hydrogen-bond donors (Lipinski definition) is 1. The molecule has 1 saturated heterocycles. The average Bonchev–Trinajstić information content (AvgIpc) is 2.87. The van der Waals surface area contributed by atoms with Crippen molar-refractivity contribution in [1.82, 2.24) is 9.21 Å². The number of carbonyl (C=O) groups is 1. The molecule has 0 atom stereocenters. The number of benzene rings is 3. The Labute approximate surface area is 201 Å². The fourth-order valence-electron chi connectivity index (χ4n) is 3.94. The summed E-state index contributed by atoms with van der Waals surface area (Å²) in [6.45, 7) is 5.35. The van der Waals surface area contributed by atoms with Crippen LogP contribution >= 0.6 is 0 Å². The van der Waals surface area contributed by atoms with Gasteiger partial charge in [0, 0.05) is 38.3 Å². The predicted octanol–water partition coefficient (Wildman–Crippen LogP) is 3.84. The first kappa shape index (κ1) is 23.9. The number of hydrogen-bond acceptors (Lipinski definition) is 5. The standard InChI is InChI=1S/C26H29N3O4S/c1-2-33-25-11-7-6-10-24(25)27-26(30)22-14-12-21(13-15-22)20-28-16-18-29(19-17-28)34(31,32)23-8-4-3-5-9-23/h3-15H,2,16-20H2,1H3,(H,27,30). The lowest BCUT2D eigenvalue weighted by molar-refractivity contribution is 0.102. The highest BCUT2D eigenvalue weighted by molar-refractivity contribution is 7.89. The first-order valence-corrected chi connectivity index (χ1v) is 12.8. The second-order valence-electron chi connectivity index (χ2n) is 8.07. The number of amides is 1. The van der Waals surface area contributed by atoms with E-state index < -0.39 is 10.0 Å². The van der Waals surface area contributed by atoms with Crippen LogP contribution in [0.5, 0.6) is 5.75 Å². The average molecular weight is 480 g/mol. The van der Waals surface area contributed by atoms with E-state index in [0.29, 0.717) is 61.2 Å². The second-order valence-corrected chi connectivity index (χ2v) is 10.0. The van der Waals surface area contributed by atoms with Crippen LogP contribution < -0.4 is 10.1 Å². The lowest BCUT2D eigenvalue weighted by Crippen LogP contribution is -2.48. The van der Waals surface area contributed by atoms with Gasteiger partial charge in [-0.15, -0.1) is 0 Å². The number of anilines is 1. The van der Waals surface area contributed by atoms with Crippen LogP contribution in [-0.2, 0) is 16.6 Å². The lowest BCUT2D eigenvalue weighted by atomic mass is 10.1. The zero-order valence-corrected chi connectivity index (χ0v) is 20.0. The van der Waals surface area contributed by atoms with Crippen molar-refractivity contribution in [2.24, 2.45) is 0 Å². The van der Waals surface area contributed by atoms with Gasteiger partial charge in [-0.2, -0.15) is 4.31 Å². The number of piperazine rings is 1. The summed E-state index contributed by atoms with van der Waals surface area (Å²) in [7, 11) is -3.45. The van der Waals surface area contributed by atoms with E-state index in [1.54, 1.807) is 28.6 Å². The van der Waals surface area contributed by atoms with Gasteiger partial charge in [-0.3, -0.25) is 9.69 Å². The number of rotatable bonds is 8. The molecule has 3 aromatic rings. The summed E-state index contributed by atoms with van der Waals surface area (Å²) >= 11 is 0. The molecule has 7 nitrogen and oxygen atoms in total. The quantitative estimate of drug-likeness (QED) is 0.531. The summed E-state index contributed by atoms with van der Waals surface area (Å²) in [5, 5.41) is 2.91. The van der Waals surface area contributed by atoms with Crippen LogP contribution in [0.2, 0.25) is 0 Å². The zero-order chi connectivity index (χ0) is 24.0. The zero-order valence-electron chi connectivity index (χ0n) is 19.2. The number of nitrogens with zero attached hydrogens (tertiary/aromatic N) is 2. The van der Waals surface area contributed by atoms with Crippen LogP contribution in [0.3, 0.4) is 0 Å². The Hall–Kier alpha value is -3.20. The molecule has 1 fully saturated rings. The number of ether oxygens (including phenoxy) is 1. The third kappa shape index (κ3) is 5.64. The van der Waals surface area contributed by atoms with Crippen molar-refractivity contribution in [1.29, 1.82) is 0 Å². The minimum atomic E-state index is -3.45. The Balaban J connectivity index is 1.32. The van der Waals surface area contributed by atoms with Crippen molar-refractivity contribution in [2.45, 2.75) is 18.4 Å². The second kappa shape index (κ2) is 10.8. The van der Waals surface area contributed by atoms with Crippen molar-refractivity contribution in [3.05, 3.63) is 90.0 Å². The predicted molar refractivity (Wildman–Crippen MR) is 132 cm³/mol. The maximum atomic E-state index is 12.8. The molecule has 34 heavy (non-hydrogen) atoms. The van der Waals surface area contributed by atoms with Crippen molar-refractivity contribution < 1.29 is 17.9 Å². The monoisotopic (exact) mass is 479 g/mol. The summed E-state index contributed by atoms with van der Waals surface area (Å²) in [6.07, 6.45) is 0. The molecule has 0 aliphatic carbocycles.